The number of hydrogen-bond donors (Lipinski definition) is 3. The minimum absolute atomic E-state index is 0.0646. The molecule has 31 heavy (non-hydrogen) atoms. The molecule has 166 valence electrons. The van der Waals surface area contributed by atoms with Crippen molar-refractivity contribution in [1.29, 1.82) is 0 Å². The lowest BCUT2D eigenvalue weighted by atomic mass is 9.68. The predicted molar refractivity (Wildman–Crippen MR) is 140 cm³/mol. The molecule has 3 rings (SSSR count). The van der Waals surface area contributed by atoms with Crippen molar-refractivity contribution in [3.63, 3.8) is 0 Å². The van der Waals surface area contributed by atoms with Crippen molar-refractivity contribution in [3.8, 4) is 0 Å². The first-order chi connectivity index (χ1) is 14.6. The Labute approximate surface area is 205 Å². The number of carbonyl (C=O) groups excluding carboxylic acids is 1. The molecule has 0 saturated carbocycles. The first-order valence-corrected chi connectivity index (χ1v) is 15.9. The number of fused-ring (bicyclic) bond motifs is 1. The summed E-state index contributed by atoms with van der Waals surface area (Å²) in [6.07, 6.45) is 1.03. The van der Waals surface area contributed by atoms with Crippen LogP contribution in [0.2, 0.25) is 0 Å². The molecule has 0 aliphatic rings. The Balaban J connectivity index is 0.00000166. The van der Waals surface area contributed by atoms with E-state index in [2.05, 4.69) is 47.5 Å². The molecule has 0 radical (unpaired) electrons. The number of carboxylic acids is 1. The molecule has 0 saturated heterocycles. The molecule has 0 spiro atoms. The monoisotopic (exact) mass is 648 g/mol. The van der Waals surface area contributed by atoms with Gasteiger partial charge in [-0.05, 0) is 37.1 Å². The number of hydrogen-bond acceptors (Lipinski definition) is 3. The molecule has 1 atom stereocenters. The van der Waals surface area contributed by atoms with E-state index in [1.165, 1.54) is 6.92 Å². The molecule has 0 aliphatic heterocycles. The highest BCUT2D eigenvalue weighted by molar-refractivity contribution is 15.0. The van der Waals surface area contributed by atoms with Crippen molar-refractivity contribution in [2.45, 2.75) is 45.3 Å². The van der Waals surface area contributed by atoms with E-state index >= 15 is 0 Å². The van der Waals surface area contributed by atoms with Crippen LogP contribution in [-0.2, 0) is 21.6 Å². The highest BCUT2D eigenvalue weighted by Gasteiger charge is 2.51. The van der Waals surface area contributed by atoms with Crippen LogP contribution < -0.4 is 5.32 Å². The van der Waals surface area contributed by atoms with Gasteiger partial charge in [-0.25, -0.2) is 9.59 Å². The summed E-state index contributed by atoms with van der Waals surface area (Å²) in [6.45, 7) is 7.18. The molecule has 0 bridgehead atoms. The van der Waals surface area contributed by atoms with Gasteiger partial charge in [-0.15, -0.1) is 0 Å². The summed E-state index contributed by atoms with van der Waals surface area (Å²) in [6, 6.07) is 15.2. The lowest BCUT2D eigenvalue weighted by Crippen LogP contribution is -2.63. The number of benzene rings is 2. The van der Waals surface area contributed by atoms with Crippen LogP contribution in [0, 0.1) is 6.92 Å². The zero-order valence-electron chi connectivity index (χ0n) is 17.8. The van der Waals surface area contributed by atoms with Crippen LogP contribution >= 0.6 is 37.2 Å². The molecule has 2 aromatic carbocycles. The van der Waals surface area contributed by atoms with Crippen LogP contribution in [0.25, 0.3) is 10.9 Å². The maximum atomic E-state index is 12.5. The van der Waals surface area contributed by atoms with E-state index in [-0.39, 0.29) is 6.61 Å². The summed E-state index contributed by atoms with van der Waals surface area (Å²) in [5.41, 5.74) is 1.09. The van der Waals surface area contributed by atoms with Gasteiger partial charge in [0.1, 0.15) is 12.1 Å². The van der Waals surface area contributed by atoms with Gasteiger partial charge in [0, 0.05) is 59.7 Å². The van der Waals surface area contributed by atoms with Crippen LogP contribution in [0.5, 0.6) is 0 Å². The molecule has 6 nitrogen and oxygen atoms in total. The summed E-state index contributed by atoms with van der Waals surface area (Å²) in [5.74, 6) is -1.14. The summed E-state index contributed by atoms with van der Waals surface area (Å²) >= 11 is 4.24. The zero-order chi connectivity index (χ0) is 23.2. The van der Waals surface area contributed by atoms with E-state index in [0.29, 0.717) is 0 Å². The number of halogens is 2. The zero-order valence-corrected chi connectivity index (χ0v) is 22.1. The third-order valence-corrected chi connectivity index (χ3v) is 5.75. The lowest BCUT2D eigenvalue weighted by molar-refractivity contribution is -0.146. The second kappa shape index (κ2) is 10.7. The van der Waals surface area contributed by atoms with Crippen molar-refractivity contribution < 1.29 is 19.4 Å². The third kappa shape index (κ3) is 5.51. The van der Waals surface area contributed by atoms with Crippen molar-refractivity contribution in [1.82, 2.24) is 10.3 Å². The topological polar surface area (TPSA) is 91.4 Å². The van der Waals surface area contributed by atoms with Crippen LogP contribution in [0.1, 0.15) is 37.5 Å². The Bertz CT molecular complexity index is 1050. The summed E-state index contributed by atoms with van der Waals surface area (Å²) in [4.78, 5) is 28.0. The van der Waals surface area contributed by atoms with Gasteiger partial charge in [-0.2, -0.15) is 0 Å². The second-order valence-electron chi connectivity index (χ2n) is 7.99. The molecule has 1 amide bonds. The van der Waals surface area contributed by atoms with Gasteiger partial charge >= 0.3 is 12.1 Å². The van der Waals surface area contributed by atoms with Crippen molar-refractivity contribution >= 4 is 60.2 Å². The number of aromatic amines is 1. The van der Waals surface area contributed by atoms with E-state index in [1.807, 2.05) is 75.5 Å². The van der Waals surface area contributed by atoms with Crippen LogP contribution in [0.3, 0.4) is 0 Å². The standard InChI is InChI=1S/C23H26N2O4.I2/c1-15-10-11-19-17(12-15)18(13-24-19)22(2,3)23(4,20(26)27)25-21(28)29-14-16-8-6-5-7-9-16;1-2/h5-13,24H,14H2,1-4H3,(H,25,28)(H,26,27);. The van der Waals surface area contributed by atoms with Crippen molar-refractivity contribution in [2.75, 3.05) is 0 Å². The maximum absolute atomic E-state index is 12.5. The molecule has 0 aliphatic carbocycles. The SMILES string of the molecule is Cc1ccc2[nH]cc(C(C)(C)C(C)(NC(=O)OCc3ccccc3)C(=O)O)c2c1.II. The van der Waals surface area contributed by atoms with Crippen LogP contribution in [0.15, 0.2) is 54.7 Å². The van der Waals surface area contributed by atoms with Crippen LogP contribution in [0.4, 0.5) is 4.79 Å². The normalized spacial score (nSPS) is 13.0. The Morgan fingerprint density at radius 2 is 1.74 bits per heavy atom. The largest absolute Gasteiger partial charge is 0.479 e. The molecule has 3 N–H and O–H groups in total. The highest BCUT2D eigenvalue weighted by Crippen LogP contribution is 2.39. The fraction of sp³-hybridized carbons (Fsp3) is 0.304. The number of ether oxygens (including phenoxy) is 1. The first kappa shape index (κ1) is 25.4. The minimum Gasteiger partial charge on any atom is -0.479 e. The number of amides is 1. The molecule has 0 fully saturated rings. The predicted octanol–water partition coefficient (Wildman–Crippen LogP) is 6.30. The maximum Gasteiger partial charge on any atom is 0.408 e. The summed E-state index contributed by atoms with van der Waals surface area (Å²) < 4.78 is 5.27. The summed E-state index contributed by atoms with van der Waals surface area (Å²) in [5, 5.41) is 13.6. The number of carboxylic acid groups (broad SMARTS) is 1. The van der Waals surface area contributed by atoms with Crippen molar-refractivity contribution in [3.05, 3.63) is 71.4 Å². The minimum atomic E-state index is -1.60. The molecule has 1 heterocycles. The summed E-state index contributed by atoms with van der Waals surface area (Å²) in [7, 11) is 0. The fourth-order valence-corrected chi connectivity index (χ4v) is 3.46. The van der Waals surface area contributed by atoms with E-state index in [4.69, 9.17) is 4.74 Å². The number of aryl methyl sites for hydroxylation is 1. The van der Waals surface area contributed by atoms with Crippen molar-refractivity contribution in [2.24, 2.45) is 0 Å². The molecule has 1 unspecified atom stereocenters. The second-order valence-corrected chi connectivity index (χ2v) is 7.99. The molecule has 1 aromatic heterocycles. The van der Waals surface area contributed by atoms with Gasteiger partial charge in [0.05, 0.1) is 0 Å². The quantitative estimate of drug-likeness (QED) is 0.274. The molecular weight excluding hydrogens is 622 g/mol. The number of aromatic nitrogens is 1. The van der Waals surface area contributed by atoms with E-state index < -0.39 is 23.0 Å². The Hall–Kier alpha value is -1.82. The number of carbonyl (C=O) groups is 2. The Morgan fingerprint density at radius 1 is 1.10 bits per heavy atom. The number of H-pyrrole nitrogens is 1. The van der Waals surface area contributed by atoms with Crippen LogP contribution in [-0.4, -0.2) is 27.7 Å². The van der Waals surface area contributed by atoms with E-state index in [1.54, 1.807) is 0 Å². The highest BCUT2D eigenvalue weighted by atomic mass is 128. The van der Waals surface area contributed by atoms with E-state index in [9.17, 15) is 14.7 Å². The van der Waals surface area contributed by atoms with Gasteiger partial charge in [0.25, 0.3) is 0 Å². The Morgan fingerprint density at radius 3 is 2.35 bits per heavy atom. The number of aliphatic carboxylic acids is 1. The number of rotatable bonds is 6. The average molecular weight is 648 g/mol. The fourth-order valence-electron chi connectivity index (χ4n) is 3.46. The average Bonchev–Trinajstić information content (AvgIpc) is 3.18. The van der Waals surface area contributed by atoms with Gasteiger partial charge in [-0.3, -0.25) is 0 Å². The number of nitrogens with one attached hydrogen (secondary N) is 2. The Kier molecular flexibility index (Phi) is 8.75. The third-order valence-electron chi connectivity index (χ3n) is 5.75. The lowest BCUT2D eigenvalue weighted by Gasteiger charge is -2.41. The number of alkyl carbamates (subject to hydrolysis) is 1. The van der Waals surface area contributed by atoms with Gasteiger partial charge in [-0.1, -0.05) is 55.8 Å². The molecule has 8 heteroatoms. The molecular formula is C23H26I2N2O4. The van der Waals surface area contributed by atoms with Gasteiger partial charge < -0.3 is 20.1 Å². The van der Waals surface area contributed by atoms with Gasteiger partial charge in [0.15, 0.2) is 0 Å². The first-order valence-electron chi connectivity index (χ1n) is 9.60. The van der Waals surface area contributed by atoms with Gasteiger partial charge in [0.2, 0.25) is 0 Å². The van der Waals surface area contributed by atoms with E-state index in [0.717, 1.165) is 27.6 Å². The smallest absolute Gasteiger partial charge is 0.408 e. The molecule has 3 aromatic rings.